The Labute approximate surface area is 235 Å². The van der Waals surface area contributed by atoms with Gasteiger partial charge in [0.05, 0.1) is 26.9 Å². The predicted octanol–water partition coefficient (Wildman–Crippen LogP) is 4.83. The molecule has 1 aliphatic heterocycles. The fraction of sp³-hybridized carbons (Fsp3) is 0.241. The van der Waals surface area contributed by atoms with Crippen molar-refractivity contribution in [1.82, 2.24) is 4.90 Å². The van der Waals surface area contributed by atoms with Crippen molar-refractivity contribution >= 4 is 46.1 Å². The number of hydrogen-bond donors (Lipinski definition) is 1. The average molecular weight is 566 g/mol. The van der Waals surface area contributed by atoms with Gasteiger partial charge in [-0.2, -0.15) is 0 Å². The number of halogens is 1. The van der Waals surface area contributed by atoms with Crippen LogP contribution in [0.25, 0.3) is 0 Å². The Balaban J connectivity index is 1.54. The van der Waals surface area contributed by atoms with Crippen LogP contribution in [0.15, 0.2) is 71.7 Å². The molecule has 3 aromatic rings. The number of hydrogen-bond acceptors (Lipinski definition) is 8. The van der Waals surface area contributed by atoms with Crippen LogP contribution in [0.3, 0.4) is 0 Å². The van der Waals surface area contributed by atoms with Gasteiger partial charge in [0, 0.05) is 18.7 Å². The molecule has 1 atom stereocenters. The van der Waals surface area contributed by atoms with Crippen LogP contribution in [0.2, 0.25) is 0 Å². The van der Waals surface area contributed by atoms with Crippen molar-refractivity contribution in [2.24, 2.45) is 4.99 Å². The van der Waals surface area contributed by atoms with Crippen LogP contribution in [0, 0.1) is 5.82 Å². The van der Waals surface area contributed by atoms with Gasteiger partial charge in [-0.15, -0.1) is 0 Å². The molecule has 0 spiro atoms. The first-order valence-corrected chi connectivity index (χ1v) is 13.2. The van der Waals surface area contributed by atoms with Crippen LogP contribution >= 0.6 is 11.8 Å². The number of ether oxygens (including phenoxy) is 3. The quantitative estimate of drug-likeness (QED) is 0.371. The molecule has 2 amide bonds. The number of anilines is 1. The SMILES string of the molecule is COC(=O)c1ccc(NC(=O)C2CC(=O)N(CCc3ccc(OC)c(OC)c3)C(=Nc3ccccc3F)S2)cc1. The fourth-order valence-electron chi connectivity index (χ4n) is 4.01. The van der Waals surface area contributed by atoms with E-state index in [9.17, 15) is 18.8 Å². The summed E-state index contributed by atoms with van der Waals surface area (Å²) in [6.07, 6.45) is 0.394. The summed E-state index contributed by atoms with van der Waals surface area (Å²) >= 11 is 1.09. The van der Waals surface area contributed by atoms with Gasteiger partial charge in [-0.1, -0.05) is 30.0 Å². The van der Waals surface area contributed by atoms with Crippen molar-refractivity contribution in [2.75, 3.05) is 33.2 Å². The van der Waals surface area contributed by atoms with E-state index in [4.69, 9.17) is 9.47 Å². The number of thioether (sulfide) groups is 1. The first-order valence-electron chi connectivity index (χ1n) is 12.3. The molecule has 40 heavy (non-hydrogen) atoms. The summed E-state index contributed by atoms with van der Waals surface area (Å²) in [6, 6.07) is 17.7. The first-order chi connectivity index (χ1) is 19.3. The normalized spacial score (nSPS) is 16.0. The third-order valence-electron chi connectivity index (χ3n) is 6.15. The van der Waals surface area contributed by atoms with Gasteiger partial charge >= 0.3 is 5.97 Å². The highest BCUT2D eigenvalue weighted by molar-refractivity contribution is 8.15. The summed E-state index contributed by atoms with van der Waals surface area (Å²) in [4.78, 5) is 44.0. The van der Waals surface area contributed by atoms with Gasteiger partial charge in [-0.25, -0.2) is 14.2 Å². The molecule has 0 aromatic heterocycles. The van der Waals surface area contributed by atoms with Gasteiger partial charge < -0.3 is 19.5 Å². The van der Waals surface area contributed by atoms with Gasteiger partial charge in [-0.3, -0.25) is 14.5 Å². The number of carbonyl (C=O) groups is 3. The second kappa shape index (κ2) is 13.1. The minimum absolute atomic E-state index is 0.0633. The number of rotatable bonds is 9. The monoisotopic (exact) mass is 565 g/mol. The van der Waals surface area contributed by atoms with Crippen molar-refractivity contribution in [1.29, 1.82) is 0 Å². The molecule has 0 bridgehead atoms. The maximum Gasteiger partial charge on any atom is 0.337 e. The molecule has 1 N–H and O–H groups in total. The highest BCUT2D eigenvalue weighted by Crippen LogP contribution is 2.32. The Morgan fingerprint density at radius 1 is 1.02 bits per heavy atom. The van der Waals surface area contributed by atoms with Crippen molar-refractivity contribution < 1.29 is 33.0 Å². The van der Waals surface area contributed by atoms with Gasteiger partial charge in [0.1, 0.15) is 16.8 Å². The molecule has 9 nitrogen and oxygen atoms in total. The first kappa shape index (κ1) is 28.6. The predicted molar refractivity (Wildman–Crippen MR) is 151 cm³/mol. The number of amidine groups is 1. The summed E-state index contributed by atoms with van der Waals surface area (Å²) in [5.41, 5.74) is 1.76. The van der Waals surface area contributed by atoms with E-state index in [0.29, 0.717) is 29.2 Å². The molecule has 1 fully saturated rings. The van der Waals surface area contributed by atoms with E-state index in [1.807, 2.05) is 12.1 Å². The van der Waals surface area contributed by atoms with E-state index in [1.54, 1.807) is 44.6 Å². The highest BCUT2D eigenvalue weighted by atomic mass is 32.2. The smallest absolute Gasteiger partial charge is 0.337 e. The van der Waals surface area contributed by atoms with Crippen LogP contribution in [-0.4, -0.2) is 61.0 Å². The Morgan fingerprint density at radius 2 is 1.75 bits per heavy atom. The minimum Gasteiger partial charge on any atom is -0.493 e. The highest BCUT2D eigenvalue weighted by Gasteiger charge is 2.36. The Hall–Kier alpha value is -4.38. The number of methoxy groups -OCH3 is 3. The largest absolute Gasteiger partial charge is 0.493 e. The lowest BCUT2D eigenvalue weighted by Crippen LogP contribution is -2.46. The summed E-state index contributed by atoms with van der Waals surface area (Å²) in [7, 11) is 4.38. The van der Waals surface area contributed by atoms with Crippen LogP contribution in [0.4, 0.5) is 15.8 Å². The maximum absolute atomic E-state index is 14.5. The van der Waals surface area contributed by atoms with Gasteiger partial charge in [0.15, 0.2) is 16.7 Å². The van der Waals surface area contributed by atoms with Crippen molar-refractivity contribution in [3.05, 3.63) is 83.7 Å². The number of amides is 2. The number of carbonyl (C=O) groups excluding carboxylic acids is 3. The van der Waals surface area contributed by atoms with E-state index in [-0.39, 0.29) is 29.7 Å². The zero-order valence-electron chi connectivity index (χ0n) is 22.2. The summed E-state index contributed by atoms with van der Waals surface area (Å²) < 4.78 is 29.8. The number of esters is 1. The molecule has 1 aliphatic rings. The number of para-hydroxylation sites is 1. The lowest BCUT2D eigenvalue weighted by atomic mass is 10.1. The van der Waals surface area contributed by atoms with Gasteiger partial charge in [0.2, 0.25) is 11.8 Å². The van der Waals surface area contributed by atoms with Crippen LogP contribution in [-0.2, 0) is 20.7 Å². The third kappa shape index (κ3) is 6.78. The minimum atomic E-state index is -0.796. The molecule has 4 rings (SSSR count). The Kier molecular flexibility index (Phi) is 9.39. The lowest BCUT2D eigenvalue weighted by Gasteiger charge is -2.32. The number of benzene rings is 3. The van der Waals surface area contributed by atoms with Crippen LogP contribution in [0.5, 0.6) is 11.5 Å². The van der Waals surface area contributed by atoms with E-state index < -0.39 is 22.9 Å². The van der Waals surface area contributed by atoms with Crippen molar-refractivity contribution in [3.8, 4) is 11.5 Å². The molecule has 1 saturated heterocycles. The summed E-state index contributed by atoms with van der Waals surface area (Å²) in [5, 5.41) is 2.20. The molecule has 11 heteroatoms. The van der Waals surface area contributed by atoms with Crippen molar-refractivity contribution in [3.63, 3.8) is 0 Å². The number of nitrogens with zero attached hydrogens (tertiary/aromatic N) is 2. The standard InChI is InChI=1S/C29H28FN3O6S/c1-37-23-13-8-18(16-24(23)38-2)14-15-33-26(34)17-25(40-29(33)32-22-7-5-4-6-21(22)30)27(35)31-20-11-9-19(10-12-20)28(36)39-3/h4-13,16,25H,14-15,17H2,1-3H3,(H,31,35). The number of aliphatic imine (C=N–C) groups is 1. The van der Waals surface area contributed by atoms with Gasteiger partial charge in [0.25, 0.3) is 0 Å². The molecule has 0 saturated carbocycles. The molecule has 0 aliphatic carbocycles. The Bertz CT molecular complexity index is 1430. The summed E-state index contributed by atoms with van der Waals surface area (Å²) in [5.74, 6) is -0.600. The molecule has 1 heterocycles. The number of nitrogens with one attached hydrogen (secondary N) is 1. The Morgan fingerprint density at radius 3 is 2.42 bits per heavy atom. The van der Waals surface area contributed by atoms with Crippen molar-refractivity contribution in [2.45, 2.75) is 18.1 Å². The summed E-state index contributed by atoms with van der Waals surface area (Å²) in [6.45, 7) is 0.262. The fourth-order valence-corrected chi connectivity index (χ4v) is 5.13. The van der Waals surface area contributed by atoms with Gasteiger partial charge in [-0.05, 0) is 60.5 Å². The van der Waals surface area contributed by atoms with Crippen LogP contribution in [0.1, 0.15) is 22.3 Å². The maximum atomic E-state index is 14.5. The van der Waals surface area contributed by atoms with E-state index in [1.165, 1.54) is 36.3 Å². The lowest BCUT2D eigenvalue weighted by molar-refractivity contribution is -0.129. The van der Waals surface area contributed by atoms with E-state index in [0.717, 1.165) is 17.3 Å². The second-order valence-corrected chi connectivity index (χ2v) is 9.87. The average Bonchev–Trinajstić information content (AvgIpc) is 2.97. The zero-order valence-corrected chi connectivity index (χ0v) is 23.0. The molecule has 1 unspecified atom stereocenters. The third-order valence-corrected chi connectivity index (χ3v) is 7.33. The van der Waals surface area contributed by atoms with E-state index in [2.05, 4.69) is 15.0 Å². The zero-order chi connectivity index (χ0) is 28.6. The molecular formula is C29H28FN3O6S. The molecule has 3 aromatic carbocycles. The molecular weight excluding hydrogens is 537 g/mol. The second-order valence-electron chi connectivity index (χ2n) is 8.70. The van der Waals surface area contributed by atoms with Crippen LogP contribution < -0.4 is 14.8 Å². The van der Waals surface area contributed by atoms with E-state index >= 15 is 0 Å². The molecule has 0 radical (unpaired) electrons. The molecule has 208 valence electrons. The topological polar surface area (TPSA) is 107 Å².